The summed E-state index contributed by atoms with van der Waals surface area (Å²) in [6.45, 7) is 0. The zero-order valence-electron chi connectivity index (χ0n) is 5.90. The van der Waals surface area contributed by atoms with Crippen molar-refractivity contribution in [3.8, 4) is 0 Å². The second kappa shape index (κ2) is 2.97. The number of alkyl halides is 5. The second-order valence-electron chi connectivity index (χ2n) is 2.26. The Kier molecular flexibility index (Phi) is 2.27. The van der Waals surface area contributed by atoms with Crippen molar-refractivity contribution in [1.29, 1.82) is 0 Å². The van der Waals surface area contributed by atoms with Crippen molar-refractivity contribution in [2.24, 2.45) is 0 Å². The molecule has 2 nitrogen and oxygen atoms in total. The molecule has 1 rings (SSSR count). The van der Waals surface area contributed by atoms with Crippen molar-refractivity contribution in [3.63, 3.8) is 0 Å². The van der Waals surface area contributed by atoms with Crippen LogP contribution in [-0.4, -0.2) is 24.4 Å². The highest BCUT2D eigenvalue weighted by atomic mass is 19.4. The Balaban J connectivity index is 2.79. The molecular formula is C6H2F5NO. The maximum absolute atomic E-state index is 11.8. The first-order valence-electron chi connectivity index (χ1n) is 3.06. The Labute approximate surface area is 69.4 Å². The van der Waals surface area contributed by atoms with E-state index in [4.69, 9.17) is 0 Å². The zero-order valence-corrected chi connectivity index (χ0v) is 5.90. The number of hydrogen-bond donors (Lipinski definition) is 0. The van der Waals surface area contributed by atoms with Crippen molar-refractivity contribution in [3.05, 3.63) is 11.8 Å². The molecule has 7 heteroatoms. The number of carbonyl (C=O) groups is 1. The Morgan fingerprint density at radius 1 is 1.38 bits per heavy atom. The van der Waals surface area contributed by atoms with E-state index in [1.54, 1.807) is 0 Å². The van der Waals surface area contributed by atoms with Crippen molar-refractivity contribution in [2.45, 2.75) is 18.6 Å². The number of ketones is 1. The van der Waals surface area contributed by atoms with Crippen molar-refractivity contribution < 1.29 is 26.7 Å². The van der Waals surface area contributed by atoms with Gasteiger partial charge in [0.05, 0.1) is 11.8 Å². The molecule has 0 fully saturated rings. The average molecular weight is 199 g/mol. The molecule has 72 valence electrons. The molecule has 0 saturated heterocycles. The van der Waals surface area contributed by atoms with Crippen molar-refractivity contribution in [2.75, 3.05) is 0 Å². The topological polar surface area (TPSA) is 31.2 Å². The van der Waals surface area contributed by atoms with Crippen LogP contribution in [0.15, 0.2) is 5.57 Å². The van der Waals surface area contributed by atoms with Crippen LogP contribution < -0.4 is 5.32 Å². The maximum atomic E-state index is 11.8. The molecule has 0 N–H and O–H groups in total. The zero-order chi connectivity index (χ0) is 10.2. The summed E-state index contributed by atoms with van der Waals surface area (Å²) in [4.78, 5) is 10.6. The van der Waals surface area contributed by atoms with E-state index in [0.29, 0.717) is 0 Å². The molecular weight excluding hydrogens is 197 g/mol. The van der Waals surface area contributed by atoms with Crippen LogP contribution in [0.25, 0.3) is 0 Å². The highest BCUT2D eigenvalue weighted by Gasteiger charge is 2.51. The summed E-state index contributed by atoms with van der Waals surface area (Å²) < 4.78 is 59.1. The molecule has 0 aliphatic carbocycles. The molecule has 0 aromatic carbocycles. The van der Waals surface area contributed by atoms with Gasteiger partial charge in [0.15, 0.2) is 0 Å². The van der Waals surface area contributed by atoms with E-state index in [-0.39, 0.29) is 0 Å². The highest BCUT2D eigenvalue weighted by molar-refractivity contribution is 6.02. The summed E-state index contributed by atoms with van der Waals surface area (Å²) in [5.41, 5.74) is -1.30. The van der Waals surface area contributed by atoms with Gasteiger partial charge in [-0.3, -0.25) is 10.1 Å². The van der Waals surface area contributed by atoms with Crippen LogP contribution in [-0.2, 0) is 4.79 Å². The van der Waals surface area contributed by atoms with E-state index >= 15 is 0 Å². The summed E-state index contributed by atoms with van der Waals surface area (Å²) in [5, 5.41) is 2.55. The minimum Gasteiger partial charge on any atom is -0.291 e. The van der Waals surface area contributed by atoms with E-state index in [2.05, 4.69) is 5.32 Å². The smallest absolute Gasteiger partial charge is 0.291 e. The molecule has 1 atom stereocenters. The van der Waals surface area contributed by atoms with E-state index in [9.17, 15) is 26.7 Å². The van der Waals surface area contributed by atoms with Gasteiger partial charge in [0, 0.05) is 0 Å². The molecule has 0 aromatic rings. The first-order chi connectivity index (χ1) is 5.84. The van der Waals surface area contributed by atoms with E-state index < -0.39 is 30.0 Å². The average Bonchev–Trinajstić information content (AvgIpc) is 2.28. The maximum Gasteiger partial charge on any atom is 0.418 e. The Morgan fingerprint density at radius 3 is 2.15 bits per heavy atom. The first-order valence-corrected chi connectivity index (χ1v) is 3.06. The summed E-state index contributed by atoms with van der Waals surface area (Å²) in [7, 11) is 0. The van der Waals surface area contributed by atoms with Crippen LogP contribution in [0.3, 0.4) is 0 Å². The van der Waals surface area contributed by atoms with Crippen molar-refractivity contribution in [1.82, 2.24) is 5.32 Å². The predicted octanol–water partition coefficient (Wildman–Crippen LogP) is 1.06. The summed E-state index contributed by atoms with van der Waals surface area (Å²) in [5.74, 6) is -1.72. The third-order valence-electron chi connectivity index (χ3n) is 1.36. The monoisotopic (exact) mass is 199 g/mol. The SMILES string of the molecule is O=C1C(C(F)F)=[C][N]C1C(F)(F)F. The van der Waals surface area contributed by atoms with Crippen LogP contribution >= 0.6 is 0 Å². The fraction of sp³-hybridized carbons (Fsp3) is 0.500. The summed E-state index contributed by atoms with van der Waals surface area (Å²) in [6, 6.07) is -2.70. The molecule has 0 aromatic heterocycles. The molecule has 13 heavy (non-hydrogen) atoms. The molecule has 0 bridgehead atoms. The molecule has 1 unspecified atom stereocenters. The van der Waals surface area contributed by atoms with Gasteiger partial charge < -0.3 is 0 Å². The molecule has 0 saturated carbocycles. The van der Waals surface area contributed by atoms with Crippen molar-refractivity contribution >= 4 is 5.78 Å². The first kappa shape index (κ1) is 9.94. The lowest BCUT2D eigenvalue weighted by molar-refractivity contribution is -0.162. The normalized spacial score (nSPS) is 23.4. The molecule has 1 aliphatic heterocycles. The number of rotatable bonds is 1. The second-order valence-corrected chi connectivity index (χ2v) is 2.26. The summed E-state index contributed by atoms with van der Waals surface area (Å²) in [6.07, 6.45) is -6.79. The molecule has 1 aliphatic rings. The molecule has 0 amide bonds. The number of nitrogens with zero attached hydrogens (tertiary/aromatic N) is 1. The Hall–Kier alpha value is -1.14. The highest BCUT2D eigenvalue weighted by Crippen LogP contribution is 2.28. The molecule has 2 radical (unpaired) electrons. The van der Waals surface area contributed by atoms with E-state index in [0.717, 1.165) is 0 Å². The van der Waals surface area contributed by atoms with Crippen LogP contribution in [0.1, 0.15) is 0 Å². The minimum absolute atomic E-state index is 1.30. The lowest BCUT2D eigenvalue weighted by Crippen LogP contribution is -2.39. The Morgan fingerprint density at radius 2 is 1.92 bits per heavy atom. The lowest BCUT2D eigenvalue weighted by Gasteiger charge is -2.11. The van der Waals surface area contributed by atoms with Crippen LogP contribution in [0.2, 0.25) is 0 Å². The van der Waals surface area contributed by atoms with Gasteiger partial charge in [-0.05, 0) is 0 Å². The van der Waals surface area contributed by atoms with Gasteiger partial charge in [-0.1, -0.05) is 0 Å². The quantitative estimate of drug-likeness (QED) is 0.581. The fourth-order valence-corrected chi connectivity index (χ4v) is 0.773. The van der Waals surface area contributed by atoms with Gasteiger partial charge in [-0.15, -0.1) is 0 Å². The largest absolute Gasteiger partial charge is 0.418 e. The number of carbonyl (C=O) groups excluding carboxylic acids is 1. The number of Topliss-reactive ketones (excluding diaryl/α,β-unsaturated/α-hetero) is 1. The predicted molar refractivity (Wildman–Crippen MR) is 29.7 cm³/mol. The van der Waals surface area contributed by atoms with Crippen LogP contribution in [0.5, 0.6) is 0 Å². The number of halogens is 5. The van der Waals surface area contributed by atoms with Gasteiger partial charge >= 0.3 is 6.18 Å². The third-order valence-corrected chi connectivity index (χ3v) is 1.36. The fourth-order valence-electron chi connectivity index (χ4n) is 0.773. The summed E-state index contributed by atoms with van der Waals surface area (Å²) >= 11 is 0. The molecule has 1 heterocycles. The standard InChI is InChI=1S/C6H2F5NO/c7-5(8)2-1-12-4(3(2)13)6(9,10)11/h4-5H. The number of hydrogen-bond acceptors (Lipinski definition) is 1. The van der Waals surface area contributed by atoms with Crippen LogP contribution in [0, 0.1) is 6.20 Å². The third kappa shape index (κ3) is 1.78. The van der Waals surface area contributed by atoms with Gasteiger partial charge in [-0.2, -0.15) is 13.2 Å². The van der Waals surface area contributed by atoms with E-state index in [1.807, 2.05) is 0 Å². The van der Waals surface area contributed by atoms with Gasteiger partial charge in [-0.25, -0.2) is 8.78 Å². The van der Waals surface area contributed by atoms with Gasteiger partial charge in [0.1, 0.15) is 0 Å². The van der Waals surface area contributed by atoms with E-state index in [1.165, 1.54) is 6.20 Å². The van der Waals surface area contributed by atoms with Gasteiger partial charge in [0.25, 0.3) is 6.43 Å². The Bertz CT molecular complexity index is 256. The minimum atomic E-state index is -4.92. The lowest BCUT2D eigenvalue weighted by atomic mass is 10.1. The van der Waals surface area contributed by atoms with Crippen LogP contribution in [0.4, 0.5) is 22.0 Å². The molecule has 0 spiro atoms. The van der Waals surface area contributed by atoms with Gasteiger partial charge in [0.2, 0.25) is 11.8 Å².